The molecule has 0 saturated heterocycles. The van der Waals surface area contributed by atoms with E-state index in [4.69, 9.17) is 16.3 Å². The zero-order valence-electron chi connectivity index (χ0n) is 21.0. The number of benzene rings is 2. The average molecular weight is 526 g/mol. The van der Waals surface area contributed by atoms with Gasteiger partial charge in [0.1, 0.15) is 11.6 Å². The van der Waals surface area contributed by atoms with Gasteiger partial charge in [0.25, 0.3) is 5.56 Å². The molecule has 3 aromatic heterocycles. The molecule has 7 nitrogen and oxygen atoms in total. The third-order valence-electron chi connectivity index (χ3n) is 6.89. The van der Waals surface area contributed by atoms with Crippen LogP contribution in [0.15, 0.2) is 84.2 Å². The van der Waals surface area contributed by atoms with Gasteiger partial charge in [-0.1, -0.05) is 41.9 Å². The molecule has 1 atom stereocenters. The van der Waals surface area contributed by atoms with E-state index < -0.39 is 0 Å². The standard InChI is InChI=1S/C30H28ClN5O2/c1-19(24-11-23-12-25(31)28(38-17-21-7-8-21)14-26(23)35-30(24)37)34-29-13-22(9-10-33-29)27-15-32-18-36(27)16-20-5-3-2-4-6-20/h2-6,9-15,18-19,21H,7-8,16-17H2,1H3,(H,33,34)(H,35,37)/t19-/m0/s1. The number of hydrogen-bond donors (Lipinski definition) is 2. The number of anilines is 1. The number of halogens is 1. The lowest BCUT2D eigenvalue weighted by Gasteiger charge is -2.16. The summed E-state index contributed by atoms with van der Waals surface area (Å²) in [5.41, 5.74) is 4.32. The van der Waals surface area contributed by atoms with Crippen molar-refractivity contribution in [3.05, 3.63) is 106 Å². The lowest BCUT2D eigenvalue weighted by Crippen LogP contribution is -2.19. The van der Waals surface area contributed by atoms with Crippen molar-refractivity contribution in [1.29, 1.82) is 0 Å². The molecule has 0 amide bonds. The SMILES string of the molecule is C[C@H](Nc1cc(-c2cncn2Cc2ccccc2)ccn1)c1cc2cc(Cl)c(OCC3CC3)cc2[nH]c1=O. The predicted octanol–water partition coefficient (Wildman–Crippen LogP) is 6.45. The Morgan fingerprint density at radius 2 is 2.00 bits per heavy atom. The van der Waals surface area contributed by atoms with Crippen LogP contribution in [0.3, 0.4) is 0 Å². The summed E-state index contributed by atoms with van der Waals surface area (Å²) in [6, 6.07) is 19.5. The van der Waals surface area contributed by atoms with Gasteiger partial charge in [0.2, 0.25) is 0 Å². The molecule has 1 fully saturated rings. The van der Waals surface area contributed by atoms with Gasteiger partial charge in [-0.05, 0) is 55.5 Å². The van der Waals surface area contributed by atoms with Gasteiger partial charge < -0.3 is 19.6 Å². The monoisotopic (exact) mass is 525 g/mol. The highest BCUT2D eigenvalue weighted by atomic mass is 35.5. The first-order chi connectivity index (χ1) is 18.5. The van der Waals surface area contributed by atoms with E-state index in [1.165, 1.54) is 18.4 Å². The summed E-state index contributed by atoms with van der Waals surface area (Å²) >= 11 is 6.49. The molecular formula is C30H28ClN5O2. The Morgan fingerprint density at radius 1 is 1.16 bits per heavy atom. The van der Waals surface area contributed by atoms with E-state index in [-0.39, 0.29) is 11.6 Å². The van der Waals surface area contributed by atoms with E-state index in [2.05, 4.69) is 37.0 Å². The van der Waals surface area contributed by atoms with Crippen LogP contribution in [-0.2, 0) is 6.54 Å². The van der Waals surface area contributed by atoms with Crippen LogP contribution in [0, 0.1) is 5.92 Å². The van der Waals surface area contributed by atoms with Crippen LogP contribution in [0.5, 0.6) is 5.75 Å². The minimum absolute atomic E-state index is 0.162. The zero-order chi connectivity index (χ0) is 26.1. The van der Waals surface area contributed by atoms with Gasteiger partial charge in [-0.2, -0.15) is 0 Å². The molecule has 0 unspecified atom stereocenters. The molecule has 1 aliphatic carbocycles. The molecule has 0 spiro atoms. The van der Waals surface area contributed by atoms with E-state index in [1.807, 2.05) is 68.0 Å². The molecule has 0 aliphatic heterocycles. The average Bonchev–Trinajstić information content (AvgIpc) is 3.64. The Bertz CT molecular complexity index is 1640. The van der Waals surface area contributed by atoms with Gasteiger partial charge in [-0.15, -0.1) is 0 Å². The molecule has 5 aromatic rings. The van der Waals surface area contributed by atoms with Crippen molar-refractivity contribution in [1.82, 2.24) is 19.5 Å². The molecule has 1 aliphatic rings. The molecule has 3 heterocycles. The van der Waals surface area contributed by atoms with Crippen molar-refractivity contribution in [2.24, 2.45) is 5.92 Å². The summed E-state index contributed by atoms with van der Waals surface area (Å²) in [6.45, 7) is 3.33. The van der Waals surface area contributed by atoms with Gasteiger partial charge in [0.15, 0.2) is 0 Å². The maximum absolute atomic E-state index is 13.0. The van der Waals surface area contributed by atoms with Crippen LogP contribution in [0.1, 0.15) is 36.9 Å². The molecule has 38 heavy (non-hydrogen) atoms. The number of rotatable bonds is 9. The van der Waals surface area contributed by atoms with Crippen LogP contribution < -0.4 is 15.6 Å². The number of imidazole rings is 1. The topological polar surface area (TPSA) is 84.8 Å². The van der Waals surface area contributed by atoms with Crippen molar-refractivity contribution in [3.63, 3.8) is 0 Å². The summed E-state index contributed by atoms with van der Waals surface area (Å²) in [4.78, 5) is 24.9. The fraction of sp³-hybridized carbons (Fsp3) is 0.233. The van der Waals surface area contributed by atoms with Gasteiger partial charge >= 0.3 is 0 Å². The summed E-state index contributed by atoms with van der Waals surface area (Å²) in [6.07, 6.45) is 7.85. The van der Waals surface area contributed by atoms with Crippen molar-refractivity contribution in [2.45, 2.75) is 32.4 Å². The van der Waals surface area contributed by atoms with E-state index >= 15 is 0 Å². The minimum Gasteiger partial charge on any atom is -0.492 e. The summed E-state index contributed by atoms with van der Waals surface area (Å²) in [5.74, 6) is 1.89. The number of hydrogen-bond acceptors (Lipinski definition) is 5. The second-order valence-corrected chi connectivity index (χ2v) is 10.3. The van der Waals surface area contributed by atoms with Crippen LogP contribution in [0.4, 0.5) is 5.82 Å². The van der Waals surface area contributed by atoms with E-state index in [0.29, 0.717) is 40.2 Å². The van der Waals surface area contributed by atoms with Crippen LogP contribution in [-0.4, -0.2) is 26.1 Å². The second-order valence-electron chi connectivity index (χ2n) is 9.87. The third kappa shape index (κ3) is 5.29. The first-order valence-corrected chi connectivity index (χ1v) is 13.2. The molecular weight excluding hydrogens is 498 g/mol. The Labute approximate surface area is 225 Å². The number of H-pyrrole nitrogens is 1. The van der Waals surface area contributed by atoms with E-state index in [1.54, 1.807) is 6.20 Å². The first-order valence-electron chi connectivity index (χ1n) is 12.8. The zero-order valence-corrected chi connectivity index (χ0v) is 21.8. The van der Waals surface area contributed by atoms with Crippen molar-refractivity contribution in [3.8, 4) is 17.0 Å². The number of nitrogens with zero attached hydrogens (tertiary/aromatic N) is 3. The number of aromatic amines is 1. The van der Waals surface area contributed by atoms with Gasteiger partial charge in [0.05, 0.1) is 41.4 Å². The molecule has 8 heteroatoms. The number of aromatic nitrogens is 4. The fourth-order valence-corrected chi connectivity index (χ4v) is 4.81. The number of nitrogens with one attached hydrogen (secondary N) is 2. The fourth-order valence-electron chi connectivity index (χ4n) is 4.58. The smallest absolute Gasteiger partial charge is 0.253 e. The molecule has 1 saturated carbocycles. The van der Waals surface area contributed by atoms with Gasteiger partial charge in [-0.3, -0.25) is 4.79 Å². The van der Waals surface area contributed by atoms with Crippen LogP contribution >= 0.6 is 11.6 Å². The number of fused-ring (bicyclic) bond motifs is 1. The maximum Gasteiger partial charge on any atom is 0.253 e. The number of ether oxygens (including phenoxy) is 1. The quantitative estimate of drug-likeness (QED) is 0.231. The highest BCUT2D eigenvalue weighted by Gasteiger charge is 2.22. The summed E-state index contributed by atoms with van der Waals surface area (Å²) in [5, 5.41) is 4.77. The maximum atomic E-state index is 13.0. The molecule has 192 valence electrons. The molecule has 0 radical (unpaired) electrons. The number of pyridine rings is 2. The Balaban J connectivity index is 1.22. The van der Waals surface area contributed by atoms with Gasteiger partial charge in [0, 0.05) is 35.3 Å². The Kier molecular flexibility index (Phi) is 6.60. The Morgan fingerprint density at radius 3 is 2.82 bits per heavy atom. The second kappa shape index (κ2) is 10.3. The van der Waals surface area contributed by atoms with E-state index in [9.17, 15) is 4.79 Å². The van der Waals surface area contributed by atoms with Crippen molar-refractivity contribution in [2.75, 3.05) is 11.9 Å². The third-order valence-corrected chi connectivity index (χ3v) is 7.19. The van der Waals surface area contributed by atoms with Crippen molar-refractivity contribution >= 4 is 28.3 Å². The predicted molar refractivity (Wildman–Crippen MR) is 151 cm³/mol. The lowest BCUT2D eigenvalue weighted by molar-refractivity contribution is 0.300. The molecule has 0 bridgehead atoms. The Hall–Kier alpha value is -4.10. The van der Waals surface area contributed by atoms with Crippen LogP contribution in [0.2, 0.25) is 5.02 Å². The first kappa shape index (κ1) is 24.2. The highest BCUT2D eigenvalue weighted by Crippen LogP contribution is 2.34. The molecule has 2 N–H and O–H groups in total. The molecule has 2 aromatic carbocycles. The summed E-state index contributed by atoms with van der Waals surface area (Å²) in [7, 11) is 0. The van der Waals surface area contributed by atoms with E-state index in [0.717, 1.165) is 23.2 Å². The minimum atomic E-state index is -0.287. The van der Waals surface area contributed by atoms with Gasteiger partial charge in [-0.25, -0.2) is 9.97 Å². The van der Waals surface area contributed by atoms with Crippen molar-refractivity contribution < 1.29 is 4.74 Å². The lowest BCUT2D eigenvalue weighted by atomic mass is 10.1. The van der Waals surface area contributed by atoms with Crippen LogP contribution in [0.25, 0.3) is 22.2 Å². The normalized spacial score (nSPS) is 13.9. The summed E-state index contributed by atoms with van der Waals surface area (Å²) < 4.78 is 7.98. The molecule has 6 rings (SSSR count). The largest absolute Gasteiger partial charge is 0.492 e. The highest BCUT2D eigenvalue weighted by molar-refractivity contribution is 6.32.